The third-order valence-corrected chi connectivity index (χ3v) is 3.51. The first kappa shape index (κ1) is 13.8. The number of anilines is 1. The molecule has 0 aliphatic rings. The van der Waals surface area contributed by atoms with Crippen molar-refractivity contribution in [2.75, 3.05) is 19.0 Å². The van der Waals surface area contributed by atoms with Crippen LogP contribution >= 0.6 is 11.3 Å². The lowest BCUT2D eigenvalue weighted by Crippen LogP contribution is -2.37. The van der Waals surface area contributed by atoms with Crippen LogP contribution in [0.2, 0.25) is 0 Å². The molecule has 1 aromatic heterocycles. The van der Waals surface area contributed by atoms with Crippen LogP contribution in [-0.4, -0.2) is 25.7 Å². The summed E-state index contributed by atoms with van der Waals surface area (Å²) in [5.74, 6) is 6.00. The fraction of sp³-hybridized carbons (Fsp3) is 0.308. The molecule has 102 valence electrons. The Balaban J connectivity index is 2.12. The van der Waals surface area contributed by atoms with Gasteiger partial charge < -0.3 is 10.1 Å². The molecule has 0 fully saturated rings. The zero-order valence-electron chi connectivity index (χ0n) is 11.0. The summed E-state index contributed by atoms with van der Waals surface area (Å²) in [5, 5.41) is 6.44. The van der Waals surface area contributed by atoms with E-state index in [0.717, 1.165) is 5.69 Å². The third-order valence-electron chi connectivity index (χ3n) is 2.61. The second-order valence-electron chi connectivity index (χ2n) is 4.22. The minimum atomic E-state index is 0.0356. The van der Waals surface area contributed by atoms with Crippen molar-refractivity contribution in [1.82, 2.24) is 5.43 Å². The molecule has 0 spiro atoms. The van der Waals surface area contributed by atoms with Crippen LogP contribution in [0.1, 0.15) is 6.92 Å². The standard InChI is InChI=1S/C13H18N4OS/c1-9(8-18-2)15-13(17-14)16-11-3-4-12-10(7-11)5-6-19-12/h3-7,9H,8,14H2,1-2H3,(H2,15,16,17). The molecule has 4 N–H and O–H groups in total. The highest BCUT2D eigenvalue weighted by molar-refractivity contribution is 7.17. The number of rotatable bonds is 4. The smallest absolute Gasteiger partial charge is 0.210 e. The number of benzene rings is 1. The lowest BCUT2D eigenvalue weighted by atomic mass is 10.2. The van der Waals surface area contributed by atoms with E-state index in [1.165, 1.54) is 10.1 Å². The molecular weight excluding hydrogens is 260 g/mol. The average Bonchev–Trinajstić information content (AvgIpc) is 2.85. The molecule has 6 heteroatoms. The van der Waals surface area contributed by atoms with Crippen LogP contribution in [0.15, 0.2) is 34.6 Å². The SMILES string of the molecule is COCC(C)N=C(NN)Nc1ccc2sccc2c1. The number of ether oxygens (including phenoxy) is 1. The topological polar surface area (TPSA) is 71.7 Å². The first-order valence-corrected chi connectivity index (χ1v) is 6.88. The highest BCUT2D eigenvalue weighted by Crippen LogP contribution is 2.23. The van der Waals surface area contributed by atoms with Gasteiger partial charge >= 0.3 is 0 Å². The summed E-state index contributed by atoms with van der Waals surface area (Å²) in [6, 6.07) is 8.28. The number of hydrogen-bond donors (Lipinski definition) is 3. The van der Waals surface area contributed by atoms with Gasteiger partial charge in [0.2, 0.25) is 5.96 Å². The minimum Gasteiger partial charge on any atom is -0.382 e. The maximum atomic E-state index is 5.48. The molecule has 0 bridgehead atoms. The van der Waals surface area contributed by atoms with Crippen LogP contribution in [0.3, 0.4) is 0 Å². The van der Waals surface area contributed by atoms with Crippen LogP contribution in [0.4, 0.5) is 5.69 Å². The van der Waals surface area contributed by atoms with Crippen molar-refractivity contribution in [1.29, 1.82) is 0 Å². The van der Waals surface area contributed by atoms with Gasteiger partial charge in [-0.15, -0.1) is 11.3 Å². The Labute approximate surface area is 116 Å². The van der Waals surface area contributed by atoms with Crippen molar-refractivity contribution in [3.63, 3.8) is 0 Å². The summed E-state index contributed by atoms with van der Waals surface area (Å²) >= 11 is 1.72. The van der Waals surface area contributed by atoms with E-state index in [1.54, 1.807) is 18.4 Å². The van der Waals surface area contributed by atoms with Gasteiger partial charge in [-0.25, -0.2) is 10.8 Å². The molecule has 0 amide bonds. The predicted octanol–water partition coefficient (Wildman–Crippen LogP) is 2.17. The van der Waals surface area contributed by atoms with Crippen molar-refractivity contribution in [3.8, 4) is 0 Å². The van der Waals surface area contributed by atoms with Crippen molar-refractivity contribution >= 4 is 33.1 Å². The fourth-order valence-electron chi connectivity index (χ4n) is 1.79. The average molecular weight is 278 g/mol. The number of nitrogens with two attached hydrogens (primary N) is 1. The van der Waals surface area contributed by atoms with Gasteiger partial charge in [-0.3, -0.25) is 5.43 Å². The Morgan fingerprint density at radius 3 is 3.05 bits per heavy atom. The van der Waals surface area contributed by atoms with Crippen molar-refractivity contribution in [2.45, 2.75) is 13.0 Å². The molecule has 1 heterocycles. The van der Waals surface area contributed by atoms with Gasteiger partial charge in [0, 0.05) is 17.5 Å². The van der Waals surface area contributed by atoms with E-state index >= 15 is 0 Å². The largest absolute Gasteiger partial charge is 0.382 e. The monoisotopic (exact) mass is 278 g/mol. The van der Waals surface area contributed by atoms with E-state index in [4.69, 9.17) is 10.6 Å². The third kappa shape index (κ3) is 3.66. The Kier molecular flexibility index (Phi) is 4.73. The highest BCUT2D eigenvalue weighted by atomic mass is 32.1. The Hall–Kier alpha value is -1.63. The number of guanidine groups is 1. The Morgan fingerprint density at radius 2 is 2.32 bits per heavy atom. The maximum Gasteiger partial charge on any atom is 0.210 e. The molecule has 0 saturated carbocycles. The van der Waals surface area contributed by atoms with E-state index in [0.29, 0.717) is 12.6 Å². The summed E-state index contributed by atoms with van der Waals surface area (Å²) in [6.45, 7) is 2.51. The number of nitrogens with one attached hydrogen (secondary N) is 2. The van der Waals surface area contributed by atoms with E-state index in [9.17, 15) is 0 Å². The Morgan fingerprint density at radius 1 is 1.47 bits per heavy atom. The van der Waals surface area contributed by atoms with Gasteiger partial charge in [-0.2, -0.15) is 0 Å². The summed E-state index contributed by atoms with van der Waals surface area (Å²) in [7, 11) is 1.65. The molecule has 5 nitrogen and oxygen atoms in total. The lowest BCUT2D eigenvalue weighted by molar-refractivity contribution is 0.185. The molecule has 0 saturated heterocycles. The van der Waals surface area contributed by atoms with Crippen molar-refractivity contribution < 1.29 is 4.74 Å². The number of methoxy groups -OCH3 is 1. The number of nitrogens with zero attached hydrogens (tertiary/aromatic N) is 1. The van der Waals surface area contributed by atoms with Crippen molar-refractivity contribution in [2.24, 2.45) is 10.8 Å². The van der Waals surface area contributed by atoms with E-state index in [-0.39, 0.29) is 6.04 Å². The first-order chi connectivity index (χ1) is 9.22. The van der Waals surface area contributed by atoms with E-state index in [2.05, 4.69) is 39.3 Å². The number of hydrazine groups is 1. The maximum absolute atomic E-state index is 5.48. The van der Waals surface area contributed by atoms with Gasteiger partial charge in [0.25, 0.3) is 0 Å². The zero-order valence-corrected chi connectivity index (χ0v) is 11.8. The number of hydrogen-bond acceptors (Lipinski definition) is 4. The molecule has 1 unspecified atom stereocenters. The van der Waals surface area contributed by atoms with Crippen molar-refractivity contribution in [3.05, 3.63) is 29.6 Å². The van der Waals surface area contributed by atoms with Gasteiger partial charge in [0.15, 0.2) is 0 Å². The summed E-state index contributed by atoms with van der Waals surface area (Å²) in [4.78, 5) is 4.39. The molecule has 2 rings (SSSR count). The van der Waals surface area contributed by atoms with Crippen LogP contribution in [0.25, 0.3) is 10.1 Å². The first-order valence-electron chi connectivity index (χ1n) is 6.00. The molecule has 1 atom stereocenters. The minimum absolute atomic E-state index is 0.0356. The molecule has 0 aliphatic carbocycles. The van der Waals surface area contributed by atoms with E-state index in [1.807, 2.05) is 13.0 Å². The fourth-order valence-corrected chi connectivity index (χ4v) is 2.56. The van der Waals surface area contributed by atoms with Gasteiger partial charge in [-0.1, -0.05) is 0 Å². The summed E-state index contributed by atoms with van der Waals surface area (Å²) in [6.07, 6.45) is 0. The van der Waals surface area contributed by atoms with Gasteiger partial charge in [0.05, 0.1) is 12.6 Å². The predicted molar refractivity (Wildman–Crippen MR) is 81.5 cm³/mol. The van der Waals surface area contributed by atoms with Gasteiger partial charge in [-0.05, 0) is 42.0 Å². The lowest BCUT2D eigenvalue weighted by Gasteiger charge is -2.12. The second-order valence-corrected chi connectivity index (χ2v) is 5.17. The normalized spacial score (nSPS) is 13.5. The number of thiophene rings is 1. The van der Waals surface area contributed by atoms with Gasteiger partial charge in [0.1, 0.15) is 0 Å². The Bertz CT molecular complexity index is 567. The highest BCUT2D eigenvalue weighted by Gasteiger charge is 2.04. The number of aliphatic imine (C=N–C) groups is 1. The molecule has 0 radical (unpaired) electrons. The van der Waals surface area contributed by atoms with Crippen LogP contribution in [-0.2, 0) is 4.74 Å². The molecule has 19 heavy (non-hydrogen) atoms. The molecule has 2 aromatic rings. The molecular formula is C13H18N4OS. The number of fused-ring (bicyclic) bond motifs is 1. The summed E-state index contributed by atoms with van der Waals surface area (Å²) in [5.41, 5.74) is 3.52. The quantitative estimate of drug-likeness (QED) is 0.347. The van der Waals surface area contributed by atoms with E-state index < -0.39 is 0 Å². The molecule has 0 aliphatic heterocycles. The zero-order chi connectivity index (χ0) is 13.7. The van der Waals surface area contributed by atoms with Crippen LogP contribution < -0.4 is 16.6 Å². The molecule has 1 aromatic carbocycles. The van der Waals surface area contributed by atoms with Crippen LogP contribution in [0, 0.1) is 0 Å². The summed E-state index contributed by atoms with van der Waals surface area (Å²) < 4.78 is 6.31. The second kappa shape index (κ2) is 6.51. The van der Waals surface area contributed by atoms with Crippen LogP contribution in [0.5, 0.6) is 0 Å².